The zero-order valence-corrected chi connectivity index (χ0v) is 17.9. The first-order valence-corrected chi connectivity index (χ1v) is 9.93. The van der Waals surface area contributed by atoms with E-state index in [0.29, 0.717) is 21.9 Å². The summed E-state index contributed by atoms with van der Waals surface area (Å²) in [5, 5.41) is 15.5. The summed E-state index contributed by atoms with van der Waals surface area (Å²) in [6, 6.07) is 14.5. The minimum Gasteiger partial charge on any atom is -0.507 e. The maximum Gasteiger partial charge on any atom is 0.301 e. The van der Waals surface area contributed by atoms with Crippen molar-refractivity contribution in [2.45, 2.75) is 13.0 Å². The molecule has 1 N–H and O–H groups in total. The van der Waals surface area contributed by atoms with Gasteiger partial charge < -0.3 is 14.5 Å². The third-order valence-electron chi connectivity index (χ3n) is 5.15. The van der Waals surface area contributed by atoms with Crippen molar-refractivity contribution < 1.29 is 19.2 Å². The number of Topliss-reactive ketones (excluding diaryl/α,β-unsaturated/α-hetero) is 1. The highest BCUT2D eigenvalue weighted by Crippen LogP contribution is 2.42. The molecule has 0 bridgehead atoms. The topological polar surface area (TPSA) is 86.9 Å². The van der Waals surface area contributed by atoms with Gasteiger partial charge in [-0.3, -0.25) is 14.5 Å². The Morgan fingerprint density at radius 2 is 1.74 bits per heavy atom. The van der Waals surface area contributed by atoms with Crippen molar-refractivity contribution in [1.82, 2.24) is 5.16 Å². The summed E-state index contributed by atoms with van der Waals surface area (Å²) in [6.07, 6.45) is 0. The quantitative estimate of drug-likeness (QED) is 0.371. The molecular formula is C23H20ClN3O4. The Morgan fingerprint density at radius 1 is 1.10 bits per heavy atom. The van der Waals surface area contributed by atoms with Crippen LogP contribution in [0.4, 0.5) is 11.5 Å². The molecular weight excluding hydrogens is 418 g/mol. The molecule has 3 aromatic rings. The van der Waals surface area contributed by atoms with Gasteiger partial charge in [0.15, 0.2) is 5.82 Å². The van der Waals surface area contributed by atoms with Gasteiger partial charge >= 0.3 is 5.91 Å². The summed E-state index contributed by atoms with van der Waals surface area (Å²) in [5.41, 5.74) is 1.97. The molecule has 7 nitrogen and oxygen atoms in total. The van der Waals surface area contributed by atoms with Crippen LogP contribution in [0.15, 0.2) is 64.7 Å². The molecule has 1 amide bonds. The molecule has 1 aliphatic rings. The van der Waals surface area contributed by atoms with Crippen molar-refractivity contribution in [2.24, 2.45) is 0 Å². The summed E-state index contributed by atoms with van der Waals surface area (Å²) in [4.78, 5) is 29.2. The molecule has 1 aromatic heterocycles. The Kier molecular flexibility index (Phi) is 5.29. The number of amides is 1. The van der Waals surface area contributed by atoms with Crippen molar-refractivity contribution in [3.63, 3.8) is 0 Å². The second-order valence-corrected chi connectivity index (χ2v) is 7.89. The van der Waals surface area contributed by atoms with E-state index in [2.05, 4.69) is 5.16 Å². The Morgan fingerprint density at radius 3 is 2.29 bits per heavy atom. The summed E-state index contributed by atoms with van der Waals surface area (Å²) < 4.78 is 5.13. The van der Waals surface area contributed by atoms with Crippen LogP contribution in [0.3, 0.4) is 0 Å². The lowest BCUT2D eigenvalue weighted by Gasteiger charge is -2.23. The first-order valence-electron chi connectivity index (χ1n) is 9.55. The molecule has 0 aliphatic carbocycles. The average molecular weight is 438 g/mol. The molecule has 1 saturated heterocycles. The van der Waals surface area contributed by atoms with Crippen molar-refractivity contribution in [3.05, 3.63) is 82.1 Å². The Hall–Kier alpha value is -3.58. The Bertz CT molecular complexity index is 1180. The van der Waals surface area contributed by atoms with Crippen LogP contribution in [0.1, 0.15) is 22.9 Å². The van der Waals surface area contributed by atoms with Crippen molar-refractivity contribution >= 4 is 40.6 Å². The fraction of sp³-hybridized carbons (Fsp3) is 0.174. The number of ketones is 1. The minimum atomic E-state index is -0.864. The molecule has 31 heavy (non-hydrogen) atoms. The van der Waals surface area contributed by atoms with E-state index in [4.69, 9.17) is 16.1 Å². The monoisotopic (exact) mass is 437 g/mol. The van der Waals surface area contributed by atoms with Gasteiger partial charge in [0.05, 0.1) is 11.6 Å². The number of aliphatic hydroxyl groups is 1. The number of hydrogen-bond donors (Lipinski definition) is 1. The smallest absolute Gasteiger partial charge is 0.301 e. The molecule has 8 heteroatoms. The van der Waals surface area contributed by atoms with Crippen LogP contribution in [0.5, 0.6) is 0 Å². The number of aryl methyl sites for hydroxylation is 1. The van der Waals surface area contributed by atoms with Crippen molar-refractivity contribution in [2.75, 3.05) is 23.9 Å². The van der Waals surface area contributed by atoms with E-state index in [1.165, 1.54) is 4.90 Å². The van der Waals surface area contributed by atoms with E-state index in [9.17, 15) is 14.7 Å². The highest BCUT2D eigenvalue weighted by Gasteiger charge is 2.48. The average Bonchev–Trinajstić information content (AvgIpc) is 3.29. The second-order valence-electron chi connectivity index (χ2n) is 7.46. The van der Waals surface area contributed by atoms with Crippen LogP contribution >= 0.6 is 11.6 Å². The number of benzene rings is 2. The van der Waals surface area contributed by atoms with Gasteiger partial charge in [-0.2, -0.15) is 0 Å². The fourth-order valence-corrected chi connectivity index (χ4v) is 3.70. The Labute approximate surface area is 184 Å². The molecule has 2 heterocycles. The number of hydrogen-bond acceptors (Lipinski definition) is 6. The third-order valence-corrected chi connectivity index (χ3v) is 5.40. The van der Waals surface area contributed by atoms with Gasteiger partial charge in [0.25, 0.3) is 5.78 Å². The lowest BCUT2D eigenvalue weighted by Crippen LogP contribution is -2.29. The standard InChI is InChI=1S/C23H20ClN3O4/c1-13-12-18(25-31-13)27-20(14-6-10-17(11-7-14)26(2)3)19(22(29)23(27)30)21(28)15-4-8-16(24)9-5-15/h4-12,20,28H,1-3H3/b21-19+/t20-/m0/s1. The fourth-order valence-electron chi connectivity index (χ4n) is 3.57. The van der Waals surface area contributed by atoms with Gasteiger partial charge in [0, 0.05) is 36.4 Å². The second kappa shape index (κ2) is 7.92. The molecule has 1 atom stereocenters. The zero-order chi connectivity index (χ0) is 22.3. The highest BCUT2D eigenvalue weighted by molar-refractivity contribution is 6.51. The number of halogens is 1. The largest absolute Gasteiger partial charge is 0.507 e. The molecule has 0 unspecified atom stereocenters. The zero-order valence-electron chi connectivity index (χ0n) is 17.2. The van der Waals surface area contributed by atoms with Crippen LogP contribution < -0.4 is 9.80 Å². The Balaban J connectivity index is 1.91. The molecule has 0 radical (unpaired) electrons. The van der Waals surface area contributed by atoms with Gasteiger partial charge in [0.2, 0.25) is 0 Å². The number of carbonyl (C=O) groups excluding carboxylic acids is 2. The van der Waals surface area contributed by atoms with Gasteiger partial charge in [-0.25, -0.2) is 0 Å². The van der Waals surface area contributed by atoms with Gasteiger partial charge in [-0.15, -0.1) is 0 Å². The maximum atomic E-state index is 13.0. The number of rotatable bonds is 4. The highest BCUT2D eigenvalue weighted by atomic mass is 35.5. The molecule has 2 aromatic carbocycles. The molecule has 4 rings (SSSR count). The number of carbonyl (C=O) groups is 2. The van der Waals surface area contributed by atoms with E-state index < -0.39 is 17.7 Å². The van der Waals surface area contributed by atoms with Gasteiger partial charge in [-0.05, 0) is 48.9 Å². The van der Waals surface area contributed by atoms with Crippen LogP contribution in [-0.4, -0.2) is 36.0 Å². The number of aromatic nitrogens is 1. The van der Waals surface area contributed by atoms with E-state index >= 15 is 0 Å². The van der Waals surface area contributed by atoms with Crippen LogP contribution in [0.25, 0.3) is 5.76 Å². The summed E-state index contributed by atoms with van der Waals surface area (Å²) in [6.45, 7) is 1.70. The van der Waals surface area contributed by atoms with E-state index in [1.807, 2.05) is 43.3 Å². The predicted octanol–water partition coefficient (Wildman–Crippen LogP) is 4.33. The van der Waals surface area contributed by atoms with Crippen molar-refractivity contribution in [3.8, 4) is 0 Å². The van der Waals surface area contributed by atoms with E-state index in [1.54, 1.807) is 37.3 Å². The number of anilines is 2. The lowest BCUT2D eigenvalue weighted by molar-refractivity contribution is -0.132. The minimum absolute atomic E-state index is 0.0226. The molecule has 158 valence electrons. The van der Waals surface area contributed by atoms with Crippen molar-refractivity contribution in [1.29, 1.82) is 0 Å². The summed E-state index contributed by atoms with van der Waals surface area (Å²) >= 11 is 5.95. The first-order chi connectivity index (χ1) is 14.8. The normalized spacial score (nSPS) is 17.9. The van der Waals surface area contributed by atoms with Crippen LogP contribution in [-0.2, 0) is 9.59 Å². The molecule has 1 fully saturated rings. The third kappa shape index (κ3) is 3.68. The van der Waals surface area contributed by atoms with Gasteiger partial charge in [-0.1, -0.05) is 28.9 Å². The first kappa shape index (κ1) is 20.7. The lowest BCUT2D eigenvalue weighted by atomic mass is 9.95. The van der Waals surface area contributed by atoms with Gasteiger partial charge in [0.1, 0.15) is 11.5 Å². The summed E-state index contributed by atoms with van der Waals surface area (Å²) in [5.74, 6) is -1.16. The molecule has 1 aliphatic heterocycles. The SMILES string of the molecule is Cc1cc(N2C(=O)C(=O)/C(=C(/O)c3ccc(Cl)cc3)[C@@H]2c2ccc(N(C)C)cc2)no1. The maximum absolute atomic E-state index is 13.0. The summed E-state index contributed by atoms with van der Waals surface area (Å²) in [7, 11) is 3.83. The number of nitrogens with zero attached hydrogens (tertiary/aromatic N) is 3. The van der Waals surface area contributed by atoms with Crippen LogP contribution in [0, 0.1) is 6.92 Å². The van der Waals surface area contributed by atoms with E-state index in [0.717, 1.165) is 5.69 Å². The van der Waals surface area contributed by atoms with Crippen LogP contribution in [0.2, 0.25) is 5.02 Å². The van der Waals surface area contributed by atoms with E-state index in [-0.39, 0.29) is 17.2 Å². The molecule has 0 saturated carbocycles. The predicted molar refractivity (Wildman–Crippen MR) is 118 cm³/mol. The molecule has 0 spiro atoms. The number of aliphatic hydroxyl groups excluding tert-OH is 1.